The Morgan fingerprint density at radius 3 is 1.04 bits per heavy atom. The van der Waals surface area contributed by atoms with Crippen LogP contribution < -0.4 is 0 Å². The van der Waals surface area contributed by atoms with E-state index in [9.17, 15) is 0 Å². The van der Waals surface area contributed by atoms with Gasteiger partial charge in [-0.1, -0.05) is 104 Å². The molecule has 24 heavy (non-hydrogen) atoms. The second-order valence-electron chi connectivity index (χ2n) is 7.44. The fraction of sp³-hybridized carbons (Fsp3) is 1.00. The molecule has 0 spiro atoms. The van der Waals surface area contributed by atoms with Gasteiger partial charge in [-0.3, -0.25) is 0 Å². The summed E-state index contributed by atoms with van der Waals surface area (Å²) in [7, 11) is 0.390. The van der Waals surface area contributed by atoms with Crippen molar-refractivity contribution in [3.05, 3.63) is 0 Å². The van der Waals surface area contributed by atoms with Gasteiger partial charge in [-0.25, -0.2) is 0 Å². The Hall–Kier alpha value is 0.720. The summed E-state index contributed by atoms with van der Waals surface area (Å²) in [6.45, 7) is 6.99. The van der Waals surface area contributed by atoms with Gasteiger partial charge in [0.15, 0.2) is 0 Å². The van der Waals surface area contributed by atoms with Crippen molar-refractivity contribution in [2.75, 3.05) is 18.5 Å². The lowest BCUT2D eigenvalue weighted by atomic mass is 10.1. The van der Waals surface area contributed by atoms with Gasteiger partial charge in [-0.05, 0) is 37.7 Å². The molecule has 0 radical (unpaired) electrons. The highest BCUT2D eigenvalue weighted by atomic mass is 35.5. The van der Waals surface area contributed by atoms with E-state index in [0.717, 1.165) is 0 Å². The van der Waals surface area contributed by atoms with Crippen LogP contribution in [0.1, 0.15) is 124 Å². The molecule has 0 saturated carbocycles. The van der Waals surface area contributed by atoms with Gasteiger partial charge in [0.05, 0.1) is 0 Å². The molecule has 0 saturated heterocycles. The predicted octanol–water partition coefficient (Wildman–Crippen LogP) is 9.19. The van der Waals surface area contributed by atoms with Gasteiger partial charge in [0, 0.05) is 0 Å². The van der Waals surface area contributed by atoms with E-state index in [1.165, 1.54) is 103 Å². The Bertz CT molecular complexity index is 200. The fourth-order valence-electron chi connectivity index (χ4n) is 3.28. The first-order valence-corrected chi connectivity index (χ1v) is 13.0. The molecular weight excluding hydrogens is 331 g/mol. The largest absolute Gasteiger partial charge is 0.147 e. The zero-order valence-electron chi connectivity index (χ0n) is 17.3. The van der Waals surface area contributed by atoms with Crippen molar-refractivity contribution in [2.45, 2.75) is 124 Å². The van der Waals surface area contributed by atoms with Crippen LogP contribution in [0.3, 0.4) is 0 Å². The second-order valence-corrected chi connectivity index (χ2v) is 10.1. The average molecular weight is 379 g/mol. The van der Waals surface area contributed by atoms with E-state index in [2.05, 4.69) is 20.8 Å². The molecule has 0 N–H and O–H groups in total. The van der Waals surface area contributed by atoms with Crippen LogP contribution in [0.25, 0.3) is 0 Å². The normalized spacial score (nSPS) is 11.0. The zero-order valence-corrected chi connectivity index (χ0v) is 19.0. The van der Waals surface area contributed by atoms with Crippen LogP contribution in [0.5, 0.6) is 0 Å². The highest BCUT2D eigenvalue weighted by Gasteiger charge is 2.06. The molecule has 0 aliphatic carbocycles. The summed E-state index contributed by atoms with van der Waals surface area (Å²) in [6.07, 6.45) is 28.2. The van der Waals surface area contributed by atoms with Crippen molar-refractivity contribution in [1.29, 1.82) is 0 Å². The van der Waals surface area contributed by atoms with Crippen LogP contribution in [-0.4, -0.2) is 18.5 Å². The molecule has 0 aromatic heterocycles. The molecule has 0 aliphatic rings. The first kappa shape index (κ1) is 26.9. The number of rotatable bonds is 19. The quantitative estimate of drug-likeness (QED) is 0.155. The van der Waals surface area contributed by atoms with E-state index in [4.69, 9.17) is 0 Å². The van der Waals surface area contributed by atoms with Gasteiger partial charge in [0.25, 0.3) is 0 Å². The zero-order chi connectivity index (χ0) is 17.0. The maximum absolute atomic E-state index is 2.34. The summed E-state index contributed by atoms with van der Waals surface area (Å²) in [4.78, 5) is 0. The summed E-state index contributed by atoms with van der Waals surface area (Å²) in [5, 5.41) is 0. The van der Waals surface area contributed by atoms with Gasteiger partial charge in [0.2, 0.25) is 0 Å². The lowest BCUT2D eigenvalue weighted by molar-refractivity contribution is 0.548. The molecule has 0 aromatic rings. The maximum Gasteiger partial charge on any atom is -0.0326 e. The van der Waals surface area contributed by atoms with Crippen LogP contribution in [-0.2, 0) is 0 Å². The van der Waals surface area contributed by atoms with E-state index in [0.29, 0.717) is 7.92 Å². The number of hydrogen-bond acceptors (Lipinski definition) is 0. The third-order valence-electron chi connectivity index (χ3n) is 4.98. The molecule has 148 valence electrons. The maximum atomic E-state index is 2.34. The van der Waals surface area contributed by atoms with E-state index in [1.54, 1.807) is 18.5 Å². The molecule has 2 heteroatoms. The van der Waals surface area contributed by atoms with Gasteiger partial charge in [-0.2, -0.15) is 0 Å². The van der Waals surface area contributed by atoms with Crippen molar-refractivity contribution < 1.29 is 0 Å². The van der Waals surface area contributed by atoms with Gasteiger partial charge in [0.1, 0.15) is 0 Å². The summed E-state index contributed by atoms with van der Waals surface area (Å²) in [6, 6.07) is 0. The minimum absolute atomic E-state index is 0. The summed E-state index contributed by atoms with van der Waals surface area (Å²) in [5.74, 6) is 0. The van der Waals surface area contributed by atoms with E-state index < -0.39 is 0 Å². The van der Waals surface area contributed by atoms with Crippen molar-refractivity contribution in [3.8, 4) is 0 Å². The van der Waals surface area contributed by atoms with E-state index in [1.807, 2.05) is 0 Å². The van der Waals surface area contributed by atoms with Crippen molar-refractivity contribution in [1.82, 2.24) is 0 Å². The van der Waals surface area contributed by atoms with Crippen molar-refractivity contribution in [3.63, 3.8) is 0 Å². The van der Waals surface area contributed by atoms with E-state index in [-0.39, 0.29) is 12.4 Å². The van der Waals surface area contributed by atoms with Crippen molar-refractivity contribution >= 4 is 20.3 Å². The standard InChI is InChI=1S/C22H47P.ClH/c1-4-7-10-11-12-13-14-15-16-17-18-19-22-23(20-8-5-2)21-9-6-3;/h4-22H2,1-3H3;1H. The molecule has 0 atom stereocenters. The van der Waals surface area contributed by atoms with Crippen LogP contribution in [0.15, 0.2) is 0 Å². The van der Waals surface area contributed by atoms with Crippen LogP contribution in [0, 0.1) is 0 Å². The minimum atomic E-state index is 0. The van der Waals surface area contributed by atoms with Gasteiger partial charge in [-0.15, -0.1) is 20.3 Å². The lowest BCUT2D eigenvalue weighted by Gasteiger charge is -2.17. The number of halogens is 1. The monoisotopic (exact) mass is 378 g/mol. The molecule has 0 heterocycles. The SMILES string of the molecule is CCCCCCCCCCCCCCP(CCCC)CCCC.Cl. The van der Waals surface area contributed by atoms with Gasteiger partial charge < -0.3 is 0 Å². The Morgan fingerprint density at radius 1 is 0.375 bits per heavy atom. The summed E-state index contributed by atoms with van der Waals surface area (Å²) in [5.41, 5.74) is 0. The lowest BCUT2D eigenvalue weighted by Crippen LogP contribution is -1.96. The molecule has 0 aliphatic heterocycles. The molecule has 0 amide bonds. The van der Waals surface area contributed by atoms with E-state index >= 15 is 0 Å². The molecule has 0 aromatic carbocycles. The summed E-state index contributed by atoms with van der Waals surface area (Å²) < 4.78 is 0. The highest BCUT2D eigenvalue weighted by molar-refractivity contribution is 7.57. The third-order valence-corrected chi connectivity index (χ3v) is 7.83. The first-order chi connectivity index (χ1) is 11.3. The molecule has 0 bridgehead atoms. The Balaban J connectivity index is 0. The Kier molecular flexibility index (Phi) is 26.6. The van der Waals surface area contributed by atoms with Crippen LogP contribution in [0.2, 0.25) is 0 Å². The van der Waals surface area contributed by atoms with Crippen molar-refractivity contribution in [2.24, 2.45) is 0 Å². The minimum Gasteiger partial charge on any atom is -0.147 e. The highest BCUT2D eigenvalue weighted by Crippen LogP contribution is 2.38. The van der Waals surface area contributed by atoms with Crippen LogP contribution >= 0.6 is 20.3 Å². The smallest absolute Gasteiger partial charge is 0.0326 e. The third kappa shape index (κ3) is 20.8. The fourth-order valence-corrected chi connectivity index (χ4v) is 6.14. The average Bonchev–Trinajstić information content (AvgIpc) is 2.57. The Labute approximate surface area is 162 Å². The Morgan fingerprint density at radius 2 is 0.667 bits per heavy atom. The number of unbranched alkanes of at least 4 members (excludes halogenated alkanes) is 13. The molecule has 0 unspecified atom stereocenters. The molecular formula is C22H48ClP. The van der Waals surface area contributed by atoms with Crippen LogP contribution in [0.4, 0.5) is 0 Å². The topological polar surface area (TPSA) is 0 Å². The second kappa shape index (κ2) is 23.7. The predicted molar refractivity (Wildman–Crippen MR) is 120 cm³/mol. The molecule has 0 fully saturated rings. The summed E-state index contributed by atoms with van der Waals surface area (Å²) >= 11 is 0. The number of hydrogen-bond donors (Lipinski definition) is 0. The molecule has 0 rings (SSSR count). The molecule has 0 nitrogen and oxygen atoms in total. The van der Waals surface area contributed by atoms with Gasteiger partial charge >= 0.3 is 0 Å². The first-order valence-electron chi connectivity index (χ1n) is 11.1.